The molecule has 2 aromatic heterocycles. The van der Waals surface area contributed by atoms with E-state index in [-0.39, 0.29) is 34.2 Å². The monoisotopic (exact) mass is 352 g/mol. The fraction of sp³-hybridized carbons (Fsp3) is 0.143. The molecule has 0 spiro atoms. The van der Waals surface area contributed by atoms with Crippen LogP contribution >= 0.6 is 11.6 Å². The Morgan fingerprint density at radius 2 is 2.00 bits per heavy atom. The molecule has 0 bridgehead atoms. The van der Waals surface area contributed by atoms with Crippen molar-refractivity contribution in [3.8, 4) is 0 Å². The van der Waals surface area contributed by atoms with Crippen LogP contribution in [0.15, 0.2) is 52.3 Å². The predicted molar refractivity (Wildman–Crippen MR) is 87.1 cm³/mol. The standard InChI is InChI=1S/C14H13ClN4O3S/c15-10-3-1-4-11(9-10)23(21,22)19-12-5-2-7-17-13(12)18(8-6-16)14(19)20/h1-5,7,9H,6,8,16H2. The van der Waals surface area contributed by atoms with Crippen LogP contribution in [0.1, 0.15) is 0 Å². The summed E-state index contributed by atoms with van der Waals surface area (Å²) in [5.41, 5.74) is 5.27. The van der Waals surface area contributed by atoms with E-state index in [0.717, 1.165) is 3.97 Å². The lowest BCUT2D eigenvalue weighted by atomic mass is 10.4. The molecule has 3 rings (SSSR count). The number of hydrogen-bond donors (Lipinski definition) is 1. The smallest absolute Gasteiger partial charge is 0.329 e. The number of aromatic nitrogens is 3. The maximum atomic E-state index is 12.9. The molecule has 9 heteroatoms. The van der Waals surface area contributed by atoms with Crippen LogP contribution in [-0.2, 0) is 16.6 Å². The Kier molecular flexibility index (Phi) is 3.97. The first kappa shape index (κ1) is 15.7. The Balaban J connectivity index is 2.36. The van der Waals surface area contributed by atoms with Gasteiger partial charge in [0.15, 0.2) is 5.65 Å². The highest BCUT2D eigenvalue weighted by molar-refractivity contribution is 7.90. The van der Waals surface area contributed by atoms with Crippen molar-refractivity contribution in [3.05, 3.63) is 58.1 Å². The summed E-state index contributed by atoms with van der Waals surface area (Å²) in [6.07, 6.45) is 1.49. The second-order valence-corrected chi connectivity index (χ2v) is 7.02. The minimum Gasteiger partial charge on any atom is -0.329 e. The van der Waals surface area contributed by atoms with Crippen molar-refractivity contribution in [2.24, 2.45) is 5.73 Å². The van der Waals surface area contributed by atoms with Crippen molar-refractivity contribution in [2.45, 2.75) is 11.4 Å². The number of rotatable bonds is 4. The van der Waals surface area contributed by atoms with E-state index in [1.54, 1.807) is 12.1 Å². The van der Waals surface area contributed by atoms with E-state index in [2.05, 4.69) is 4.98 Å². The molecule has 0 aliphatic heterocycles. The van der Waals surface area contributed by atoms with Crippen molar-refractivity contribution < 1.29 is 8.42 Å². The molecule has 0 saturated carbocycles. The fourth-order valence-corrected chi connectivity index (χ4v) is 4.05. The zero-order valence-electron chi connectivity index (χ0n) is 11.9. The molecule has 3 aromatic rings. The van der Waals surface area contributed by atoms with Crippen LogP contribution in [0.4, 0.5) is 0 Å². The second kappa shape index (κ2) is 5.80. The van der Waals surface area contributed by atoms with E-state index in [4.69, 9.17) is 17.3 Å². The molecule has 7 nitrogen and oxygen atoms in total. The molecule has 120 valence electrons. The average Bonchev–Trinajstić information content (AvgIpc) is 2.81. The predicted octanol–water partition coefficient (Wildman–Crippen LogP) is 1.05. The second-order valence-electron chi connectivity index (χ2n) is 4.80. The largest absolute Gasteiger partial charge is 0.344 e. The molecule has 0 aliphatic rings. The van der Waals surface area contributed by atoms with Gasteiger partial charge in [-0.3, -0.25) is 4.57 Å². The van der Waals surface area contributed by atoms with Crippen LogP contribution in [0.25, 0.3) is 11.2 Å². The molecule has 0 amide bonds. The van der Waals surface area contributed by atoms with Crippen LogP contribution < -0.4 is 11.4 Å². The average molecular weight is 353 g/mol. The van der Waals surface area contributed by atoms with Crippen molar-refractivity contribution in [3.63, 3.8) is 0 Å². The Bertz CT molecular complexity index is 1040. The lowest BCUT2D eigenvalue weighted by Gasteiger charge is -2.05. The number of fused-ring (bicyclic) bond motifs is 1. The van der Waals surface area contributed by atoms with Crippen LogP contribution in [0.3, 0.4) is 0 Å². The van der Waals surface area contributed by atoms with E-state index in [0.29, 0.717) is 0 Å². The third-order valence-corrected chi connectivity index (χ3v) is 5.25. The summed E-state index contributed by atoms with van der Waals surface area (Å²) in [6, 6.07) is 8.85. The number of halogens is 1. The van der Waals surface area contributed by atoms with Gasteiger partial charge in [-0.25, -0.2) is 18.2 Å². The van der Waals surface area contributed by atoms with Gasteiger partial charge < -0.3 is 5.73 Å². The maximum Gasteiger partial charge on any atom is 0.344 e. The van der Waals surface area contributed by atoms with Crippen molar-refractivity contribution in [2.75, 3.05) is 6.54 Å². The molecular weight excluding hydrogens is 340 g/mol. The molecule has 0 unspecified atom stereocenters. The summed E-state index contributed by atoms with van der Waals surface area (Å²) >= 11 is 5.87. The van der Waals surface area contributed by atoms with E-state index in [1.807, 2.05) is 0 Å². The van der Waals surface area contributed by atoms with Crippen LogP contribution in [-0.4, -0.2) is 28.5 Å². The maximum absolute atomic E-state index is 12.9. The Hall–Kier alpha value is -2.16. The molecule has 23 heavy (non-hydrogen) atoms. The number of benzene rings is 1. The Morgan fingerprint density at radius 3 is 2.70 bits per heavy atom. The summed E-state index contributed by atoms with van der Waals surface area (Å²) in [5.74, 6) is 0. The summed E-state index contributed by atoms with van der Waals surface area (Å²) in [7, 11) is -4.10. The highest BCUT2D eigenvalue weighted by Crippen LogP contribution is 2.20. The van der Waals surface area contributed by atoms with Gasteiger partial charge >= 0.3 is 5.69 Å². The fourth-order valence-electron chi connectivity index (χ4n) is 2.35. The Morgan fingerprint density at radius 1 is 1.22 bits per heavy atom. The first-order valence-corrected chi connectivity index (χ1v) is 8.56. The quantitative estimate of drug-likeness (QED) is 0.756. The summed E-state index contributed by atoms with van der Waals surface area (Å²) < 4.78 is 27.7. The van der Waals surface area contributed by atoms with E-state index in [9.17, 15) is 13.2 Å². The van der Waals surface area contributed by atoms with Gasteiger partial charge in [0.05, 0.1) is 4.90 Å². The molecule has 0 radical (unpaired) electrons. The molecule has 0 saturated heterocycles. The van der Waals surface area contributed by atoms with Gasteiger partial charge in [-0.2, -0.15) is 3.97 Å². The number of nitrogens with two attached hydrogens (primary N) is 1. The summed E-state index contributed by atoms with van der Waals surface area (Å²) in [5, 5.41) is 0.267. The molecular formula is C14H13ClN4O3S. The lowest BCUT2D eigenvalue weighted by molar-refractivity contribution is 0.583. The molecule has 2 heterocycles. The van der Waals surface area contributed by atoms with Crippen LogP contribution in [0, 0.1) is 0 Å². The lowest BCUT2D eigenvalue weighted by Crippen LogP contribution is -2.31. The van der Waals surface area contributed by atoms with E-state index in [1.165, 1.54) is 35.0 Å². The first-order chi connectivity index (χ1) is 11.0. The number of nitrogens with zero attached hydrogens (tertiary/aromatic N) is 3. The Labute approximate surface area is 137 Å². The highest BCUT2D eigenvalue weighted by atomic mass is 35.5. The van der Waals surface area contributed by atoms with Gasteiger partial charge in [-0.15, -0.1) is 0 Å². The zero-order valence-corrected chi connectivity index (χ0v) is 13.5. The van der Waals surface area contributed by atoms with E-state index < -0.39 is 15.7 Å². The van der Waals surface area contributed by atoms with Gasteiger partial charge in [-0.05, 0) is 30.3 Å². The first-order valence-electron chi connectivity index (χ1n) is 6.74. The number of pyridine rings is 1. The third kappa shape index (κ3) is 2.54. The molecule has 1 aromatic carbocycles. The van der Waals surface area contributed by atoms with Crippen LogP contribution in [0.2, 0.25) is 5.02 Å². The summed E-state index contributed by atoms with van der Waals surface area (Å²) in [6.45, 7) is 0.358. The molecule has 0 fully saturated rings. The molecule has 0 aliphatic carbocycles. The van der Waals surface area contributed by atoms with Crippen molar-refractivity contribution >= 4 is 32.8 Å². The SMILES string of the molecule is NCCn1c(=O)n(S(=O)(=O)c2cccc(Cl)c2)c2cccnc21. The van der Waals surface area contributed by atoms with Gasteiger partial charge in [0.2, 0.25) is 0 Å². The topological polar surface area (TPSA) is 100.0 Å². The third-order valence-electron chi connectivity index (χ3n) is 3.33. The van der Waals surface area contributed by atoms with Crippen molar-refractivity contribution in [1.82, 2.24) is 13.5 Å². The van der Waals surface area contributed by atoms with Crippen molar-refractivity contribution in [1.29, 1.82) is 0 Å². The number of imidazole rings is 1. The zero-order chi connectivity index (χ0) is 16.6. The minimum absolute atomic E-state index is 0.0669. The summed E-state index contributed by atoms with van der Waals surface area (Å²) in [4.78, 5) is 16.6. The minimum atomic E-state index is -4.10. The number of hydrogen-bond acceptors (Lipinski definition) is 5. The van der Waals surface area contributed by atoms with Gasteiger partial charge in [0.1, 0.15) is 5.52 Å². The van der Waals surface area contributed by atoms with Gasteiger partial charge in [-0.1, -0.05) is 17.7 Å². The normalized spacial score (nSPS) is 11.9. The van der Waals surface area contributed by atoms with Gasteiger partial charge in [0, 0.05) is 24.3 Å². The highest BCUT2D eigenvalue weighted by Gasteiger charge is 2.25. The van der Waals surface area contributed by atoms with Crippen LogP contribution in [0.5, 0.6) is 0 Å². The van der Waals surface area contributed by atoms with Gasteiger partial charge in [0.25, 0.3) is 10.0 Å². The van der Waals surface area contributed by atoms with E-state index >= 15 is 0 Å². The molecule has 2 N–H and O–H groups in total. The molecule has 0 atom stereocenters.